The van der Waals surface area contributed by atoms with Crippen molar-refractivity contribution in [3.05, 3.63) is 57.5 Å². The Morgan fingerprint density at radius 3 is 2.33 bits per heavy atom. The van der Waals surface area contributed by atoms with Crippen molar-refractivity contribution in [2.45, 2.75) is 78.3 Å². The molecule has 1 aromatic heterocycles. The molecule has 36 heavy (non-hydrogen) atoms. The van der Waals surface area contributed by atoms with E-state index in [1.165, 1.54) is 37.8 Å². The molecular formula is C29H42FN3O2S. The van der Waals surface area contributed by atoms with Gasteiger partial charge in [0, 0.05) is 30.9 Å². The van der Waals surface area contributed by atoms with Crippen LogP contribution in [0.5, 0.6) is 0 Å². The summed E-state index contributed by atoms with van der Waals surface area (Å²) in [5, 5.41) is 2.04. The predicted octanol–water partition coefficient (Wildman–Crippen LogP) is 6.01. The smallest absolute Gasteiger partial charge is 0.242 e. The molecule has 7 heteroatoms. The van der Waals surface area contributed by atoms with Gasteiger partial charge in [0.05, 0.1) is 13.1 Å². The van der Waals surface area contributed by atoms with E-state index >= 15 is 0 Å². The van der Waals surface area contributed by atoms with Crippen LogP contribution in [0.3, 0.4) is 0 Å². The molecule has 5 nitrogen and oxygen atoms in total. The molecule has 2 amide bonds. The first-order valence-corrected chi connectivity index (χ1v) is 14.4. The van der Waals surface area contributed by atoms with Crippen molar-refractivity contribution in [2.75, 3.05) is 32.7 Å². The van der Waals surface area contributed by atoms with Crippen molar-refractivity contribution in [3.8, 4) is 0 Å². The Kier molecular flexibility index (Phi) is 11.9. The molecule has 0 atom stereocenters. The number of halogens is 1. The molecule has 1 aliphatic rings. The Morgan fingerprint density at radius 1 is 0.944 bits per heavy atom. The Labute approximate surface area is 220 Å². The van der Waals surface area contributed by atoms with Crippen LogP contribution in [0.1, 0.15) is 74.3 Å². The Balaban J connectivity index is 1.68. The van der Waals surface area contributed by atoms with E-state index in [0.717, 1.165) is 54.9 Å². The molecule has 0 saturated carbocycles. The molecule has 0 spiro atoms. The molecule has 1 saturated heterocycles. The molecule has 1 aromatic carbocycles. The van der Waals surface area contributed by atoms with Crippen LogP contribution in [0.2, 0.25) is 0 Å². The third-order valence-electron chi connectivity index (χ3n) is 7.00. The highest BCUT2D eigenvalue weighted by Crippen LogP contribution is 2.20. The third kappa shape index (κ3) is 9.32. The Morgan fingerprint density at radius 2 is 1.67 bits per heavy atom. The molecule has 1 fully saturated rings. The zero-order valence-electron chi connectivity index (χ0n) is 22.0. The van der Waals surface area contributed by atoms with E-state index in [0.29, 0.717) is 26.1 Å². The van der Waals surface area contributed by atoms with E-state index in [2.05, 4.69) is 24.8 Å². The van der Waals surface area contributed by atoms with E-state index in [-0.39, 0.29) is 24.2 Å². The quantitative estimate of drug-likeness (QED) is 0.273. The second-order valence-electron chi connectivity index (χ2n) is 9.93. The van der Waals surface area contributed by atoms with Gasteiger partial charge in [0.15, 0.2) is 0 Å². The number of nitrogens with zero attached hydrogens (tertiary/aromatic N) is 3. The summed E-state index contributed by atoms with van der Waals surface area (Å²) in [6, 6.07) is 8.37. The molecule has 0 N–H and O–H groups in total. The number of hydrogen-bond donors (Lipinski definition) is 0. The minimum absolute atomic E-state index is 0.0621. The zero-order valence-corrected chi connectivity index (χ0v) is 22.8. The number of benzene rings is 1. The maximum atomic E-state index is 13.6. The average Bonchev–Trinajstić information content (AvgIpc) is 3.54. The van der Waals surface area contributed by atoms with E-state index in [9.17, 15) is 14.0 Å². The lowest BCUT2D eigenvalue weighted by Gasteiger charge is -2.29. The van der Waals surface area contributed by atoms with Crippen LogP contribution in [-0.2, 0) is 22.7 Å². The van der Waals surface area contributed by atoms with Gasteiger partial charge in [-0.15, -0.1) is 11.3 Å². The van der Waals surface area contributed by atoms with Gasteiger partial charge in [-0.25, -0.2) is 4.39 Å². The highest BCUT2D eigenvalue weighted by Gasteiger charge is 2.23. The van der Waals surface area contributed by atoms with E-state index in [1.807, 2.05) is 10.3 Å². The Hall–Kier alpha value is -2.25. The Bertz CT molecular complexity index is 940. The minimum Gasteiger partial charge on any atom is -0.332 e. The SMILES string of the molecule is CCCCCCCC(=O)N(CCN1CCCC1)CC(=O)N(Cc1ccc(F)cc1)Cc1sccc1C. The molecule has 0 bridgehead atoms. The van der Waals surface area contributed by atoms with Gasteiger partial charge in [0.2, 0.25) is 11.8 Å². The van der Waals surface area contributed by atoms with Gasteiger partial charge in [-0.2, -0.15) is 0 Å². The van der Waals surface area contributed by atoms with Gasteiger partial charge in [-0.3, -0.25) is 9.59 Å². The highest BCUT2D eigenvalue weighted by molar-refractivity contribution is 7.10. The number of hydrogen-bond acceptors (Lipinski definition) is 4. The van der Waals surface area contributed by atoms with Gasteiger partial charge in [0.25, 0.3) is 0 Å². The number of carbonyl (C=O) groups is 2. The van der Waals surface area contributed by atoms with Crippen LogP contribution in [0.25, 0.3) is 0 Å². The molecule has 0 aliphatic carbocycles. The maximum absolute atomic E-state index is 13.6. The topological polar surface area (TPSA) is 43.9 Å². The van der Waals surface area contributed by atoms with Gasteiger partial charge < -0.3 is 14.7 Å². The lowest BCUT2D eigenvalue weighted by Crippen LogP contribution is -2.45. The standard InChI is InChI=1S/C29H42FN3O2S/c1-3-4-5-6-7-10-28(34)32(19-18-31-16-8-9-17-31)23-29(35)33(22-27-24(2)15-20-36-27)21-25-11-13-26(30)14-12-25/h11-15,20H,3-10,16-19,21-23H2,1-2H3. The minimum atomic E-state index is -0.289. The van der Waals surface area contributed by atoms with E-state index < -0.39 is 0 Å². The molecule has 2 heterocycles. The van der Waals surface area contributed by atoms with Crippen molar-refractivity contribution in [1.82, 2.24) is 14.7 Å². The zero-order chi connectivity index (χ0) is 25.8. The predicted molar refractivity (Wildman–Crippen MR) is 145 cm³/mol. The molecule has 2 aromatic rings. The van der Waals surface area contributed by atoms with Crippen LogP contribution in [0.4, 0.5) is 4.39 Å². The highest BCUT2D eigenvalue weighted by atomic mass is 32.1. The largest absolute Gasteiger partial charge is 0.332 e. The first-order chi connectivity index (χ1) is 17.5. The van der Waals surface area contributed by atoms with Crippen molar-refractivity contribution in [2.24, 2.45) is 0 Å². The number of likely N-dealkylation sites (tertiary alicyclic amines) is 1. The van der Waals surface area contributed by atoms with Crippen LogP contribution >= 0.6 is 11.3 Å². The van der Waals surface area contributed by atoms with Gasteiger partial charge in [0.1, 0.15) is 5.82 Å². The normalized spacial score (nSPS) is 13.8. The fraction of sp³-hybridized carbons (Fsp3) is 0.586. The lowest BCUT2D eigenvalue weighted by atomic mass is 10.1. The van der Waals surface area contributed by atoms with Gasteiger partial charge in [-0.05, 0) is 74.0 Å². The first kappa shape index (κ1) is 28.3. The summed E-state index contributed by atoms with van der Waals surface area (Å²) < 4.78 is 13.5. The summed E-state index contributed by atoms with van der Waals surface area (Å²) in [6.07, 6.45) is 8.37. The molecule has 0 radical (unpaired) electrons. The summed E-state index contributed by atoms with van der Waals surface area (Å²) >= 11 is 1.64. The number of aryl methyl sites for hydroxylation is 1. The summed E-state index contributed by atoms with van der Waals surface area (Å²) in [5.41, 5.74) is 2.04. The number of carbonyl (C=O) groups excluding carboxylic acids is 2. The summed E-state index contributed by atoms with van der Waals surface area (Å²) in [6.45, 7) is 8.75. The number of thiophene rings is 1. The number of amides is 2. The molecule has 1 aliphatic heterocycles. The van der Waals surface area contributed by atoms with Crippen molar-refractivity contribution in [1.29, 1.82) is 0 Å². The molecule has 3 rings (SSSR count). The van der Waals surface area contributed by atoms with Crippen molar-refractivity contribution in [3.63, 3.8) is 0 Å². The second kappa shape index (κ2) is 15.1. The van der Waals surface area contributed by atoms with Crippen LogP contribution in [0, 0.1) is 12.7 Å². The lowest BCUT2D eigenvalue weighted by molar-refractivity contribution is -0.141. The number of unbranched alkanes of at least 4 members (excludes halogenated alkanes) is 4. The van der Waals surface area contributed by atoms with E-state index in [1.54, 1.807) is 28.4 Å². The first-order valence-electron chi connectivity index (χ1n) is 13.5. The molecule has 198 valence electrons. The monoisotopic (exact) mass is 515 g/mol. The van der Waals surface area contributed by atoms with E-state index in [4.69, 9.17) is 0 Å². The van der Waals surface area contributed by atoms with Crippen LogP contribution < -0.4 is 0 Å². The summed E-state index contributed by atoms with van der Waals surface area (Å²) in [4.78, 5) is 33.9. The average molecular weight is 516 g/mol. The molecular weight excluding hydrogens is 473 g/mol. The van der Waals surface area contributed by atoms with Crippen molar-refractivity contribution >= 4 is 23.2 Å². The summed E-state index contributed by atoms with van der Waals surface area (Å²) in [5.74, 6) is -0.274. The fourth-order valence-electron chi connectivity index (χ4n) is 4.64. The number of rotatable bonds is 15. The van der Waals surface area contributed by atoms with Crippen LogP contribution in [0.15, 0.2) is 35.7 Å². The molecule has 0 unspecified atom stereocenters. The second-order valence-corrected chi connectivity index (χ2v) is 10.9. The van der Waals surface area contributed by atoms with Gasteiger partial charge in [-0.1, -0.05) is 44.7 Å². The summed E-state index contributed by atoms with van der Waals surface area (Å²) in [7, 11) is 0. The van der Waals surface area contributed by atoms with Gasteiger partial charge >= 0.3 is 0 Å². The van der Waals surface area contributed by atoms with Crippen molar-refractivity contribution < 1.29 is 14.0 Å². The van der Waals surface area contributed by atoms with Crippen LogP contribution in [-0.4, -0.2) is 59.2 Å². The maximum Gasteiger partial charge on any atom is 0.242 e. The fourth-order valence-corrected chi connectivity index (χ4v) is 5.56. The third-order valence-corrected chi connectivity index (χ3v) is 8.01.